The molecule has 1 aromatic carbocycles. The van der Waals surface area contributed by atoms with Crippen LogP contribution in [0.15, 0.2) is 12.1 Å². The maximum Gasteiger partial charge on any atom is 0.126 e. The van der Waals surface area contributed by atoms with Crippen LogP contribution in [0, 0.1) is 6.92 Å². The first-order valence-corrected chi connectivity index (χ1v) is 6.64. The largest absolute Gasteiger partial charge is 0.497 e. The number of hydrogen-bond acceptors (Lipinski definition) is 4. The highest BCUT2D eigenvalue weighted by Gasteiger charge is 2.26. The van der Waals surface area contributed by atoms with Gasteiger partial charge in [-0.25, -0.2) is 0 Å². The number of ether oxygens (including phenoxy) is 2. The van der Waals surface area contributed by atoms with E-state index in [0.29, 0.717) is 5.88 Å². The number of methoxy groups -OCH3 is 2. The molecule has 0 unspecified atom stereocenters. The normalized spacial score (nSPS) is 11.4. The molecule has 102 valence electrons. The molecule has 1 aromatic rings. The third kappa shape index (κ3) is 3.33. The summed E-state index contributed by atoms with van der Waals surface area (Å²) in [5.41, 5.74) is 2.36. The van der Waals surface area contributed by atoms with E-state index in [2.05, 4.69) is 38.7 Å². The Morgan fingerprint density at radius 2 is 1.89 bits per heavy atom. The SMILES string of the molecule is COc1cc(C)c(C(C)(C)CNCS)c(OC)c1. The van der Waals surface area contributed by atoms with E-state index in [0.717, 1.165) is 18.0 Å². The molecule has 0 spiro atoms. The summed E-state index contributed by atoms with van der Waals surface area (Å²) in [5, 5.41) is 3.27. The molecule has 1 N–H and O–H groups in total. The molecular formula is C14H23NO2S. The van der Waals surface area contributed by atoms with Gasteiger partial charge in [0.05, 0.1) is 14.2 Å². The first-order chi connectivity index (χ1) is 8.46. The summed E-state index contributed by atoms with van der Waals surface area (Å²) in [5.74, 6) is 2.37. The molecule has 0 radical (unpaired) electrons. The zero-order valence-corrected chi connectivity index (χ0v) is 12.7. The van der Waals surface area contributed by atoms with Gasteiger partial charge < -0.3 is 14.8 Å². The highest BCUT2D eigenvalue weighted by atomic mass is 32.1. The van der Waals surface area contributed by atoms with E-state index in [9.17, 15) is 0 Å². The number of thiol groups is 1. The monoisotopic (exact) mass is 269 g/mol. The van der Waals surface area contributed by atoms with Crippen LogP contribution in [-0.4, -0.2) is 26.6 Å². The zero-order valence-electron chi connectivity index (χ0n) is 11.8. The molecule has 0 saturated heterocycles. The fraction of sp³-hybridized carbons (Fsp3) is 0.571. The van der Waals surface area contributed by atoms with Crippen molar-refractivity contribution in [2.75, 3.05) is 26.6 Å². The fourth-order valence-corrected chi connectivity index (χ4v) is 2.44. The van der Waals surface area contributed by atoms with Gasteiger partial charge in [0.15, 0.2) is 0 Å². The summed E-state index contributed by atoms with van der Waals surface area (Å²) < 4.78 is 10.8. The number of aryl methyl sites for hydroxylation is 1. The van der Waals surface area contributed by atoms with Crippen molar-refractivity contribution in [1.82, 2.24) is 5.32 Å². The zero-order chi connectivity index (χ0) is 13.8. The van der Waals surface area contributed by atoms with E-state index < -0.39 is 0 Å². The molecule has 0 aliphatic heterocycles. The molecule has 0 heterocycles. The molecule has 18 heavy (non-hydrogen) atoms. The van der Waals surface area contributed by atoms with E-state index >= 15 is 0 Å². The van der Waals surface area contributed by atoms with E-state index in [1.807, 2.05) is 12.1 Å². The lowest BCUT2D eigenvalue weighted by Gasteiger charge is -2.29. The first kappa shape index (κ1) is 15.2. The smallest absolute Gasteiger partial charge is 0.126 e. The minimum atomic E-state index is -0.0234. The fourth-order valence-electron chi connectivity index (χ4n) is 2.33. The summed E-state index contributed by atoms with van der Waals surface area (Å²) in [4.78, 5) is 0. The van der Waals surface area contributed by atoms with Gasteiger partial charge in [0.2, 0.25) is 0 Å². The van der Waals surface area contributed by atoms with Crippen LogP contribution < -0.4 is 14.8 Å². The van der Waals surface area contributed by atoms with Crippen LogP contribution in [0.1, 0.15) is 25.0 Å². The Labute approximate surface area is 115 Å². The van der Waals surface area contributed by atoms with Crippen molar-refractivity contribution >= 4 is 12.6 Å². The van der Waals surface area contributed by atoms with Gasteiger partial charge in [0, 0.05) is 29.5 Å². The molecule has 0 saturated carbocycles. The Kier molecular flexibility index (Phi) is 5.35. The van der Waals surface area contributed by atoms with Gasteiger partial charge in [-0.3, -0.25) is 0 Å². The van der Waals surface area contributed by atoms with Crippen LogP contribution in [0.5, 0.6) is 11.5 Å². The molecule has 0 aliphatic rings. The van der Waals surface area contributed by atoms with Crippen molar-refractivity contribution in [3.05, 3.63) is 23.3 Å². The number of rotatable bonds is 6. The third-order valence-corrected chi connectivity index (χ3v) is 3.31. The van der Waals surface area contributed by atoms with Crippen LogP contribution in [0.3, 0.4) is 0 Å². The van der Waals surface area contributed by atoms with Gasteiger partial charge in [-0.1, -0.05) is 13.8 Å². The topological polar surface area (TPSA) is 30.5 Å². The lowest BCUT2D eigenvalue weighted by atomic mass is 9.81. The highest BCUT2D eigenvalue weighted by Crippen LogP contribution is 2.37. The molecule has 0 bridgehead atoms. The third-order valence-electron chi connectivity index (χ3n) is 3.08. The van der Waals surface area contributed by atoms with Crippen LogP contribution in [0.4, 0.5) is 0 Å². The summed E-state index contributed by atoms with van der Waals surface area (Å²) in [6.07, 6.45) is 0. The van der Waals surface area contributed by atoms with Gasteiger partial charge in [-0.05, 0) is 18.6 Å². The van der Waals surface area contributed by atoms with Gasteiger partial charge >= 0.3 is 0 Å². The quantitative estimate of drug-likeness (QED) is 0.615. The van der Waals surface area contributed by atoms with Gasteiger partial charge in [0.1, 0.15) is 11.5 Å². The maximum absolute atomic E-state index is 5.51. The highest BCUT2D eigenvalue weighted by molar-refractivity contribution is 7.80. The Morgan fingerprint density at radius 1 is 1.22 bits per heavy atom. The van der Waals surface area contributed by atoms with Crippen LogP contribution in [0.2, 0.25) is 0 Å². The minimum Gasteiger partial charge on any atom is -0.497 e. The molecule has 4 heteroatoms. The number of hydrogen-bond donors (Lipinski definition) is 2. The molecule has 0 amide bonds. The van der Waals surface area contributed by atoms with E-state index in [-0.39, 0.29) is 5.41 Å². The number of benzene rings is 1. The Bertz CT molecular complexity index is 405. The van der Waals surface area contributed by atoms with Crippen molar-refractivity contribution in [2.45, 2.75) is 26.2 Å². The lowest BCUT2D eigenvalue weighted by molar-refractivity contribution is 0.375. The predicted molar refractivity (Wildman–Crippen MR) is 79.2 cm³/mol. The Balaban J connectivity index is 3.21. The predicted octanol–water partition coefficient (Wildman–Crippen LogP) is 2.77. The van der Waals surface area contributed by atoms with Crippen LogP contribution in [-0.2, 0) is 5.41 Å². The molecule has 3 nitrogen and oxygen atoms in total. The van der Waals surface area contributed by atoms with E-state index in [1.54, 1.807) is 14.2 Å². The van der Waals surface area contributed by atoms with Crippen LogP contribution >= 0.6 is 12.6 Å². The molecular weight excluding hydrogens is 246 g/mol. The van der Waals surface area contributed by atoms with Crippen molar-refractivity contribution in [2.24, 2.45) is 0 Å². The van der Waals surface area contributed by atoms with Gasteiger partial charge in [-0.2, -0.15) is 12.6 Å². The van der Waals surface area contributed by atoms with Crippen molar-refractivity contribution in [3.63, 3.8) is 0 Å². The second kappa shape index (κ2) is 6.34. The Hall–Kier alpha value is -0.870. The summed E-state index contributed by atoms with van der Waals surface area (Å²) in [6.45, 7) is 7.32. The molecule has 0 atom stereocenters. The van der Waals surface area contributed by atoms with E-state index in [1.165, 1.54) is 11.1 Å². The van der Waals surface area contributed by atoms with Gasteiger partial charge in [-0.15, -0.1) is 0 Å². The second-order valence-corrected chi connectivity index (χ2v) is 5.31. The second-order valence-electron chi connectivity index (χ2n) is 4.99. The summed E-state index contributed by atoms with van der Waals surface area (Å²) in [6, 6.07) is 3.98. The maximum atomic E-state index is 5.51. The molecule has 0 aliphatic carbocycles. The van der Waals surface area contributed by atoms with Gasteiger partial charge in [0.25, 0.3) is 0 Å². The number of nitrogens with one attached hydrogen (secondary N) is 1. The van der Waals surface area contributed by atoms with Crippen molar-refractivity contribution in [3.8, 4) is 11.5 Å². The Morgan fingerprint density at radius 3 is 2.39 bits per heavy atom. The summed E-state index contributed by atoms with van der Waals surface area (Å²) in [7, 11) is 3.36. The first-order valence-electron chi connectivity index (χ1n) is 6.01. The summed E-state index contributed by atoms with van der Waals surface area (Å²) >= 11 is 4.19. The lowest BCUT2D eigenvalue weighted by Crippen LogP contribution is -2.33. The average molecular weight is 269 g/mol. The van der Waals surface area contributed by atoms with E-state index in [4.69, 9.17) is 9.47 Å². The van der Waals surface area contributed by atoms with Crippen LogP contribution in [0.25, 0.3) is 0 Å². The average Bonchev–Trinajstić information content (AvgIpc) is 2.34. The minimum absolute atomic E-state index is 0.0234. The standard InChI is InChI=1S/C14H23NO2S/c1-10-6-11(16-4)7-12(17-5)13(10)14(2,3)8-15-9-18/h6-7,15,18H,8-9H2,1-5H3. The molecule has 0 fully saturated rings. The molecule has 0 aromatic heterocycles. The van der Waals surface area contributed by atoms with Crippen molar-refractivity contribution < 1.29 is 9.47 Å². The van der Waals surface area contributed by atoms with Crippen molar-refractivity contribution in [1.29, 1.82) is 0 Å². The molecule has 1 rings (SSSR count).